The zero-order chi connectivity index (χ0) is 23.3. The lowest BCUT2D eigenvalue weighted by atomic mass is 9.95. The molecule has 5 rings (SSSR count). The van der Waals surface area contributed by atoms with Gasteiger partial charge in [0.1, 0.15) is 5.75 Å². The molecule has 0 bridgehead atoms. The minimum absolute atomic E-state index is 0.109. The average molecular weight is 479 g/mol. The number of benzene rings is 2. The van der Waals surface area contributed by atoms with Crippen LogP contribution in [0.4, 0.5) is 5.13 Å². The topological polar surface area (TPSA) is 57.7 Å². The highest BCUT2D eigenvalue weighted by Gasteiger charge is 2.29. The molecule has 2 aliphatic rings. The summed E-state index contributed by atoms with van der Waals surface area (Å²) in [4.78, 5) is 22.6. The molecule has 0 radical (unpaired) electrons. The van der Waals surface area contributed by atoms with Crippen LogP contribution in [0.1, 0.15) is 38.2 Å². The summed E-state index contributed by atoms with van der Waals surface area (Å²) in [5, 5.41) is 4.41. The highest BCUT2D eigenvalue weighted by molar-refractivity contribution is 7.22. The van der Waals surface area contributed by atoms with Crippen molar-refractivity contribution in [1.82, 2.24) is 15.2 Å². The molecule has 3 heterocycles. The quantitative estimate of drug-likeness (QED) is 0.534. The van der Waals surface area contributed by atoms with Crippen LogP contribution in [0.25, 0.3) is 10.2 Å². The molecule has 0 unspecified atom stereocenters. The molecular weight excluding hydrogens is 444 g/mol. The Morgan fingerprint density at radius 3 is 2.56 bits per heavy atom. The van der Waals surface area contributed by atoms with Crippen molar-refractivity contribution >= 4 is 32.6 Å². The number of hydrogen-bond donors (Lipinski definition) is 1. The number of carbonyl (C=O) groups excluding carboxylic acids is 1. The van der Waals surface area contributed by atoms with E-state index < -0.39 is 0 Å². The van der Waals surface area contributed by atoms with Crippen LogP contribution in [0.15, 0.2) is 48.5 Å². The van der Waals surface area contributed by atoms with Crippen molar-refractivity contribution < 1.29 is 9.53 Å². The summed E-state index contributed by atoms with van der Waals surface area (Å²) in [6.45, 7) is 7.51. The van der Waals surface area contributed by atoms with Gasteiger partial charge in [0.05, 0.1) is 16.8 Å². The van der Waals surface area contributed by atoms with Crippen LogP contribution >= 0.6 is 11.3 Å². The predicted molar refractivity (Wildman–Crippen MR) is 139 cm³/mol. The van der Waals surface area contributed by atoms with Crippen LogP contribution in [-0.4, -0.2) is 54.6 Å². The SMILES string of the molecule is CCOc1ccc2nc(N3CCC(C(=O)NC4CCN(Cc5ccccc5)CC4)CC3)sc2c1. The summed E-state index contributed by atoms with van der Waals surface area (Å²) < 4.78 is 6.77. The number of likely N-dealkylation sites (tertiary alicyclic amines) is 1. The second kappa shape index (κ2) is 10.7. The van der Waals surface area contributed by atoms with Crippen LogP contribution in [-0.2, 0) is 11.3 Å². The first kappa shape index (κ1) is 23.1. The van der Waals surface area contributed by atoms with Gasteiger partial charge in [-0.05, 0) is 56.4 Å². The molecule has 2 fully saturated rings. The molecule has 1 N–H and O–H groups in total. The number of nitrogens with zero attached hydrogens (tertiary/aromatic N) is 3. The number of aromatic nitrogens is 1. The molecule has 1 amide bonds. The Morgan fingerprint density at radius 2 is 1.82 bits per heavy atom. The Balaban J connectivity index is 1.08. The van der Waals surface area contributed by atoms with Crippen molar-refractivity contribution in [2.24, 2.45) is 5.92 Å². The van der Waals surface area contributed by atoms with E-state index in [1.54, 1.807) is 11.3 Å². The van der Waals surface area contributed by atoms with Crippen molar-refractivity contribution in [3.05, 3.63) is 54.1 Å². The molecule has 2 saturated heterocycles. The summed E-state index contributed by atoms with van der Waals surface area (Å²) in [5.41, 5.74) is 2.38. The average Bonchev–Trinajstić information content (AvgIpc) is 3.30. The van der Waals surface area contributed by atoms with Gasteiger partial charge in [-0.3, -0.25) is 9.69 Å². The van der Waals surface area contributed by atoms with E-state index >= 15 is 0 Å². The Hall–Kier alpha value is -2.64. The molecular formula is C27H34N4O2S. The van der Waals surface area contributed by atoms with E-state index in [1.807, 2.05) is 19.1 Å². The first-order chi connectivity index (χ1) is 16.7. The number of hydrogen-bond acceptors (Lipinski definition) is 6. The van der Waals surface area contributed by atoms with E-state index in [4.69, 9.17) is 9.72 Å². The molecule has 7 heteroatoms. The van der Waals surface area contributed by atoms with E-state index in [2.05, 4.69) is 51.5 Å². The maximum Gasteiger partial charge on any atom is 0.223 e. The first-order valence-electron chi connectivity index (χ1n) is 12.5. The highest BCUT2D eigenvalue weighted by Crippen LogP contribution is 2.33. The number of thiazole rings is 1. The second-order valence-electron chi connectivity index (χ2n) is 9.36. The lowest BCUT2D eigenvalue weighted by Crippen LogP contribution is -2.48. The van der Waals surface area contributed by atoms with Crippen molar-refractivity contribution in [2.75, 3.05) is 37.7 Å². The third-order valence-electron chi connectivity index (χ3n) is 6.98. The standard InChI is InChI=1S/C27H34N4O2S/c1-2-33-23-8-9-24-25(18-23)34-27(29-24)31-16-10-21(11-17-31)26(32)28-22-12-14-30(15-13-22)19-20-6-4-3-5-7-20/h3-9,18,21-22H,2,10-17,19H2,1H3,(H,28,32). The molecule has 0 saturated carbocycles. The van der Waals surface area contributed by atoms with Gasteiger partial charge < -0.3 is 15.0 Å². The number of carbonyl (C=O) groups is 1. The molecule has 34 heavy (non-hydrogen) atoms. The first-order valence-corrected chi connectivity index (χ1v) is 13.3. The van der Waals surface area contributed by atoms with Crippen LogP contribution in [0.3, 0.4) is 0 Å². The fourth-order valence-corrected chi connectivity index (χ4v) is 6.06. The fraction of sp³-hybridized carbons (Fsp3) is 0.481. The van der Waals surface area contributed by atoms with E-state index in [0.29, 0.717) is 12.6 Å². The Kier molecular flexibility index (Phi) is 7.30. The van der Waals surface area contributed by atoms with Gasteiger partial charge in [-0.25, -0.2) is 4.98 Å². The summed E-state index contributed by atoms with van der Waals surface area (Å²) in [7, 11) is 0. The number of ether oxygens (including phenoxy) is 1. The smallest absolute Gasteiger partial charge is 0.223 e. The summed E-state index contributed by atoms with van der Waals surface area (Å²) in [6, 6.07) is 17.0. The summed E-state index contributed by atoms with van der Waals surface area (Å²) in [6.07, 6.45) is 3.84. The minimum Gasteiger partial charge on any atom is -0.494 e. The molecule has 1 aromatic heterocycles. The van der Waals surface area contributed by atoms with Gasteiger partial charge in [0.15, 0.2) is 5.13 Å². The van der Waals surface area contributed by atoms with Crippen molar-refractivity contribution in [2.45, 2.75) is 45.2 Å². The van der Waals surface area contributed by atoms with Crippen LogP contribution in [0.2, 0.25) is 0 Å². The molecule has 0 aliphatic carbocycles. The number of nitrogens with one attached hydrogen (secondary N) is 1. The Bertz CT molecular complexity index is 1090. The number of fused-ring (bicyclic) bond motifs is 1. The van der Waals surface area contributed by atoms with E-state index in [9.17, 15) is 4.79 Å². The molecule has 180 valence electrons. The zero-order valence-electron chi connectivity index (χ0n) is 19.9. The van der Waals surface area contributed by atoms with Crippen molar-refractivity contribution in [1.29, 1.82) is 0 Å². The fourth-order valence-electron chi connectivity index (χ4n) is 5.01. The Labute approximate surface area is 205 Å². The molecule has 0 spiro atoms. The normalized spacial score (nSPS) is 18.3. The minimum atomic E-state index is 0.109. The van der Waals surface area contributed by atoms with Gasteiger partial charge in [0.2, 0.25) is 5.91 Å². The third kappa shape index (κ3) is 5.53. The molecule has 0 atom stereocenters. The van der Waals surface area contributed by atoms with Gasteiger partial charge in [-0.1, -0.05) is 41.7 Å². The van der Waals surface area contributed by atoms with Crippen LogP contribution < -0.4 is 15.0 Å². The monoisotopic (exact) mass is 478 g/mol. The van der Waals surface area contributed by atoms with Crippen molar-refractivity contribution in [3.63, 3.8) is 0 Å². The highest BCUT2D eigenvalue weighted by atomic mass is 32.1. The van der Waals surface area contributed by atoms with Crippen LogP contribution in [0.5, 0.6) is 5.75 Å². The molecule has 3 aromatic rings. The molecule has 2 aromatic carbocycles. The van der Waals surface area contributed by atoms with Gasteiger partial charge in [0, 0.05) is 44.7 Å². The van der Waals surface area contributed by atoms with Crippen molar-refractivity contribution in [3.8, 4) is 5.75 Å². The lowest BCUT2D eigenvalue weighted by molar-refractivity contribution is -0.126. The van der Waals surface area contributed by atoms with Gasteiger partial charge in [0.25, 0.3) is 0 Å². The zero-order valence-corrected chi connectivity index (χ0v) is 20.7. The van der Waals surface area contributed by atoms with E-state index in [0.717, 1.165) is 79.5 Å². The van der Waals surface area contributed by atoms with Gasteiger partial charge in [-0.2, -0.15) is 0 Å². The largest absolute Gasteiger partial charge is 0.494 e. The lowest BCUT2D eigenvalue weighted by Gasteiger charge is -2.35. The summed E-state index contributed by atoms with van der Waals surface area (Å²) >= 11 is 1.71. The second-order valence-corrected chi connectivity index (χ2v) is 10.4. The van der Waals surface area contributed by atoms with E-state index in [1.165, 1.54) is 5.56 Å². The number of anilines is 1. The number of rotatable bonds is 7. The number of piperidine rings is 2. The third-order valence-corrected chi connectivity index (χ3v) is 8.06. The molecule has 6 nitrogen and oxygen atoms in total. The van der Waals surface area contributed by atoms with Crippen LogP contribution in [0, 0.1) is 5.92 Å². The maximum absolute atomic E-state index is 13.0. The van der Waals surface area contributed by atoms with Gasteiger partial charge >= 0.3 is 0 Å². The molecule has 2 aliphatic heterocycles. The van der Waals surface area contributed by atoms with E-state index in [-0.39, 0.29) is 11.8 Å². The Morgan fingerprint density at radius 1 is 1.06 bits per heavy atom. The number of amides is 1. The predicted octanol–water partition coefficient (Wildman–Crippen LogP) is 4.69. The maximum atomic E-state index is 13.0. The van der Waals surface area contributed by atoms with Gasteiger partial charge in [-0.15, -0.1) is 0 Å². The summed E-state index contributed by atoms with van der Waals surface area (Å²) in [5.74, 6) is 1.25.